The number of nitrogens with one attached hydrogen (secondary N) is 1. The van der Waals surface area contributed by atoms with Gasteiger partial charge < -0.3 is 4.98 Å². The number of imidazole rings is 1. The number of H-pyrrole nitrogens is 1. The highest BCUT2D eigenvalue weighted by molar-refractivity contribution is 5.63. The molecule has 3 aromatic rings. The molecule has 0 aliphatic rings. The molecule has 0 aliphatic carbocycles. The summed E-state index contributed by atoms with van der Waals surface area (Å²) in [6.45, 7) is 1.97. The monoisotopic (exact) mass is 225 g/mol. The number of rotatable bonds is 1. The lowest BCUT2D eigenvalue weighted by atomic mass is 10.1. The first kappa shape index (κ1) is 9.84. The highest BCUT2D eigenvalue weighted by Gasteiger charge is 2.09. The van der Waals surface area contributed by atoms with Crippen LogP contribution in [-0.2, 0) is 0 Å². The van der Waals surface area contributed by atoms with Crippen molar-refractivity contribution in [3.63, 3.8) is 0 Å². The van der Waals surface area contributed by atoms with Crippen LogP contribution in [0.5, 0.6) is 0 Å². The van der Waals surface area contributed by atoms with Crippen molar-refractivity contribution in [2.75, 3.05) is 0 Å². The predicted octanol–water partition coefficient (Wildman–Crippen LogP) is 2.00. The molecule has 3 rings (SSSR count). The zero-order valence-corrected chi connectivity index (χ0v) is 9.34. The number of hydrogen-bond acceptors (Lipinski definition) is 2. The molecule has 4 nitrogen and oxygen atoms in total. The number of nitrogens with zero attached hydrogens (tertiary/aromatic N) is 2. The van der Waals surface area contributed by atoms with Crippen LogP contribution in [0.2, 0.25) is 0 Å². The maximum atomic E-state index is 11.8. The number of aryl methyl sites for hydroxylation is 1. The van der Waals surface area contributed by atoms with Gasteiger partial charge in [0.25, 0.3) is 5.56 Å². The van der Waals surface area contributed by atoms with Crippen molar-refractivity contribution >= 4 is 5.65 Å². The van der Waals surface area contributed by atoms with Gasteiger partial charge in [-0.1, -0.05) is 30.3 Å². The summed E-state index contributed by atoms with van der Waals surface area (Å²) in [5, 5.41) is 0. The molecule has 0 radical (unpaired) electrons. The molecule has 0 unspecified atom stereocenters. The van der Waals surface area contributed by atoms with Crippen molar-refractivity contribution in [2.45, 2.75) is 6.92 Å². The van der Waals surface area contributed by atoms with Crippen molar-refractivity contribution in [3.05, 3.63) is 58.8 Å². The van der Waals surface area contributed by atoms with Crippen molar-refractivity contribution in [1.82, 2.24) is 14.4 Å². The number of aromatic amines is 1. The zero-order valence-electron chi connectivity index (χ0n) is 9.34. The molecule has 0 fully saturated rings. The maximum Gasteiger partial charge on any atom is 0.292 e. The van der Waals surface area contributed by atoms with Gasteiger partial charge in [-0.2, -0.15) is 0 Å². The van der Waals surface area contributed by atoms with Gasteiger partial charge >= 0.3 is 0 Å². The summed E-state index contributed by atoms with van der Waals surface area (Å²) < 4.78 is 1.81. The Morgan fingerprint density at radius 2 is 2.00 bits per heavy atom. The maximum absolute atomic E-state index is 11.8. The lowest BCUT2D eigenvalue weighted by molar-refractivity contribution is 1.03. The second-order valence-electron chi connectivity index (χ2n) is 3.90. The van der Waals surface area contributed by atoms with Crippen molar-refractivity contribution in [2.24, 2.45) is 0 Å². The van der Waals surface area contributed by atoms with Gasteiger partial charge in [0.2, 0.25) is 5.65 Å². The number of fused-ring (bicyclic) bond motifs is 1. The molecule has 0 saturated heterocycles. The Kier molecular flexibility index (Phi) is 2.08. The highest BCUT2D eigenvalue weighted by atomic mass is 16.1. The van der Waals surface area contributed by atoms with E-state index in [1.165, 1.54) is 0 Å². The fourth-order valence-electron chi connectivity index (χ4n) is 2.01. The first-order chi connectivity index (χ1) is 8.27. The lowest BCUT2D eigenvalue weighted by Crippen LogP contribution is -2.13. The van der Waals surface area contributed by atoms with E-state index in [0.29, 0.717) is 5.65 Å². The molecule has 0 bridgehead atoms. The van der Waals surface area contributed by atoms with E-state index in [-0.39, 0.29) is 5.56 Å². The third kappa shape index (κ3) is 1.45. The van der Waals surface area contributed by atoms with Crippen molar-refractivity contribution in [1.29, 1.82) is 0 Å². The molecule has 1 aromatic carbocycles. The molecule has 84 valence electrons. The summed E-state index contributed by atoms with van der Waals surface area (Å²) in [6, 6.07) is 9.80. The van der Waals surface area contributed by atoms with Crippen LogP contribution >= 0.6 is 0 Å². The first-order valence-electron chi connectivity index (χ1n) is 5.39. The fourth-order valence-corrected chi connectivity index (χ4v) is 2.01. The number of hydrogen-bond donors (Lipinski definition) is 1. The normalized spacial score (nSPS) is 10.9. The van der Waals surface area contributed by atoms with Gasteiger partial charge in [-0.15, -0.1) is 0 Å². The van der Waals surface area contributed by atoms with Gasteiger partial charge in [-0.3, -0.25) is 9.20 Å². The minimum atomic E-state index is -0.167. The van der Waals surface area contributed by atoms with Crippen LogP contribution in [0.4, 0.5) is 0 Å². The van der Waals surface area contributed by atoms with Crippen molar-refractivity contribution < 1.29 is 0 Å². The average molecular weight is 225 g/mol. The Labute approximate surface area is 97.6 Å². The molecule has 0 aliphatic heterocycles. The van der Waals surface area contributed by atoms with E-state index >= 15 is 0 Å². The van der Waals surface area contributed by atoms with E-state index in [0.717, 1.165) is 17.0 Å². The van der Waals surface area contributed by atoms with E-state index in [1.54, 1.807) is 16.8 Å². The Hall–Kier alpha value is -2.36. The summed E-state index contributed by atoms with van der Waals surface area (Å²) in [5.74, 6) is 0. The van der Waals surface area contributed by atoms with Gasteiger partial charge in [0.1, 0.15) is 0 Å². The average Bonchev–Trinajstić information content (AvgIpc) is 2.85. The van der Waals surface area contributed by atoms with Crippen LogP contribution in [0, 0.1) is 6.92 Å². The molecule has 17 heavy (non-hydrogen) atoms. The van der Waals surface area contributed by atoms with Crippen molar-refractivity contribution in [3.8, 4) is 11.3 Å². The summed E-state index contributed by atoms with van der Waals surface area (Å²) in [5.41, 5.74) is 3.07. The molecule has 1 N–H and O–H groups in total. The van der Waals surface area contributed by atoms with E-state index in [1.807, 2.05) is 37.3 Å². The summed E-state index contributed by atoms with van der Waals surface area (Å²) in [4.78, 5) is 18.8. The Balaban J connectivity index is 2.38. The van der Waals surface area contributed by atoms with Gasteiger partial charge in [-0.05, 0) is 12.5 Å². The molecule has 4 heteroatoms. The number of benzene rings is 1. The van der Waals surface area contributed by atoms with Crippen LogP contribution in [0.25, 0.3) is 16.9 Å². The molecular formula is C13H11N3O. The molecule has 2 aromatic heterocycles. The SMILES string of the molecule is Cc1c(-c2ccccc2)[nH]c(=O)c2nccn12. The van der Waals surface area contributed by atoms with E-state index in [4.69, 9.17) is 0 Å². The Bertz CT molecular complexity index is 725. The van der Waals surface area contributed by atoms with Crippen LogP contribution < -0.4 is 5.56 Å². The highest BCUT2D eigenvalue weighted by Crippen LogP contribution is 2.19. The van der Waals surface area contributed by atoms with Gasteiger partial charge in [-0.25, -0.2) is 4.98 Å². The largest absolute Gasteiger partial charge is 0.317 e. The summed E-state index contributed by atoms with van der Waals surface area (Å²) in [7, 11) is 0. The van der Waals surface area contributed by atoms with Crippen LogP contribution in [0.3, 0.4) is 0 Å². The first-order valence-corrected chi connectivity index (χ1v) is 5.39. The molecule has 2 heterocycles. The molecule has 0 atom stereocenters. The summed E-state index contributed by atoms with van der Waals surface area (Å²) in [6.07, 6.45) is 3.43. The van der Waals surface area contributed by atoms with Gasteiger partial charge in [0.15, 0.2) is 0 Å². The van der Waals surface area contributed by atoms with E-state index < -0.39 is 0 Å². The van der Waals surface area contributed by atoms with Gasteiger partial charge in [0.05, 0.1) is 5.69 Å². The third-order valence-electron chi connectivity index (χ3n) is 2.87. The Morgan fingerprint density at radius 3 is 2.76 bits per heavy atom. The summed E-state index contributed by atoms with van der Waals surface area (Å²) >= 11 is 0. The van der Waals surface area contributed by atoms with Crippen LogP contribution in [0.1, 0.15) is 5.69 Å². The lowest BCUT2D eigenvalue weighted by Gasteiger charge is -2.07. The molecule has 0 amide bonds. The standard InChI is InChI=1S/C13H11N3O/c1-9-11(10-5-3-2-4-6-10)15-13(17)12-14-7-8-16(9)12/h2-8H,1H3,(H,15,17). The minimum absolute atomic E-state index is 0.167. The second kappa shape index (κ2) is 3.59. The van der Waals surface area contributed by atoms with Crippen LogP contribution in [-0.4, -0.2) is 14.4 Å². The molecular weight excluding hydrogens is 214 g/mol. The topological polar surface area (TPSA) is 50.2 Å². The molecule has 0 saturated carbocycles. The fraction of sp³-hybridized carbons (Fsp3) is 0.0769. The zero-order chi connectivity index (χ0) is 11.8. The quantitative estimate of drug-likeness (QED) is 0.688. The van der Waals surface area contributed by atoms with Gasteiger partial charge in [0, 0.05) is 18.1 Å². The predicted molar refractivity (Wildman–Crippen MR) is 66.0 cm³/mol. The Morgan fingerprint density at radius 1 is 1.24 bits per heavy atom. The molecule has 0 spiro atoms. The second-order valence-corrected chi connectivity index (χ2v) is 3.90. The van der Waals surface area contributed by atoms with Crippen LogP contribution in [0.15, 0.2) is 47.5 Å². The number of aromatic nitrogens is 3. The smallest absolute Gasteiger partial charge is 0.292 e. The minimum Gasteiger partial charge on any atom is -0.317 e. The third-order valence-corrected chi connectivity index (χ3v) is 2.87. The van der Waals surface area contributed by atoms with E-state index in [9.17, 15) is 4.79 Å². The van der Waals surface area contributed by atoms with E-state index in [2.05, 4.69) is 9.97 Å².